The predicted molar refractivity (Wildman–Crippen MR) is 68.2 cm³/mol. The van der Waals surface area contributed by atoms with Crippen molar-refractivity contribution in [1.82, 2.24) is 5.32 Å². The Morgan fingerprint density at radius 2 is 1.42 bits per heavy atom. The first kappa shape index (κ1) is 18.7. The SMILES string of the molecule is CCOCOCCOCCOCCOOCNCN. The van der Waals surface area contributed by atoms with Crippen molar-refractivity contribution >= 4 is 0 Å². The minimum Gasteiger partial charge on any atom is -0.377 e. The summed E-state index contributed by atoms with van der Waals surface area (Å²) in [6.45, 7) is 6.40. The molecule has 0 atom stereocenters. The summed E-state index contributed by atoms with van der Waals surface area (Å²) in [6, 6.07) is 0. The quantitative estimate of drug-likeness (QED) is 0.168. The van der Waals surface area contributed by atoms with Gasteiger partial charge in [0, 0.05) is 13.3 Å². The number of rotatable bonds is 16. The van der Waals surface area contributed by atoms with E-state index in [2.05, 4.69) is 5.32 Å². The number of hydrogen-bond donors (Lipinski definition) is 2. The zero-order chi connectivity index (χ0) is 14.0. The van der Waals surface area contributed by atoms with Crippen LogP contribution < -0.4 is 11.1 Å². The van der Waals surface area contributed by atoms with E-state index < -0.39 is 0 Å². The van der Waals surface area contributed by atoms with E-state index in [9.17, 15) is 0 Å². The summed E-state index contributed by atoms with van der Waals surface area (Å²) >= 11 is 0. The van der Waals surface area contributed by atoms with Gasteiger partial charge in [-0.1, -0.05) is 0 Å². The molecule has 0 aliphatic rings. The van der Waals surface area contributed by atoms with Gasteiger partial charge in [-0.05, 0) is 6.92 Å². The maximum absolute atomic E-state index is 5.27. The topological polar surface area (TPSA) is 93.4 Å². The van der Waals surface area contributed by atoms with Crippen LogP contribution in [0.1, 0.15) is 6.92 Å². The highest BCUT2D eigenvalue weighted by atomic mass is 17.2. The molecule has 8 heteroatoms. The molecule has 0 aromatic carbocycles. The van der Waals surface area contributed by atoms with Gasteiger partial charge < -0.3 is 24.7 Å². The second-order valence-corrected chi connectivity index (χ2v) is 3.28. The molecule has 0 aliphatic carbocycles. The molecule has 3 N–H and O–H groups in total. The Bertz CT molecular complexity index is 148. The number of nitrogens with one attached hydrogen (secondary N) is 1. The lowest BCUT2D eigenvalue weighted by Gasteiger charge is -2.07. The van der Waals surface area contributed by atoms with E-state index >= 15 is 0 Å². The second kappa shape index (κ2) is 17.7. The number of hydrogen-bond acceptors (Lipinski definition) is 8. The van der Waals surface area contributed by atoms with Crippen molar-refractivity contribution < 1.29 is 28.7 Å². The lowest BCUT2D eigenvalue weighted by molar-refractivity contribution is -0.303. The zero-order valence-corrected chi connectivity index (χ0v) is 11.6. The third kappa shape index (κ3) is 17.7. The predicted octanol–water partition coefficient (Wildman–Crippen LogP) is -0.558. The molecular formula is C11H26N2O6. The Hall–Kier alpha value is -0.320. The van der Waals surface area contributed by atoms with Crippen LogP contribution in [0.5, 0.6) is 0 Å². The maximum atomic E-state index is 5.27. The molecule has 0 rings (SSSR count). The van der Waals surface area contributed by atoms with E-state index in [1.807, 2.05) is 6.92 Å². The first-order valence-electron chi connectivity index (χ1n) is 6.38. The van der Waals surface area contributed by atoms with Crippen LogP contribution in [-0.4, -0.2) is 66.4 Å². The van der Waals surface area contributed by atoms with E-state index in [1.165, 1.54) is 0 Å². The molecule has 0 saturated carbocycles. The fourth-order valence-electron chi connectivity index (χ4n) is 0.935. The second-order valence-electron chi connectivity index (χ2n) is 3.28. The molecule has 0 spiro atoms. The van der Waals surface area contributed by atoms with Crippen LogP contribution in [0.4, 0.5) is 0 Å². The van der Waals surface area contributed by atoms with Crippen LogP contribution in [-0.2, 0) is 28.7 Å². The van der Waals surface area contributed by atoms with Gasteiger partial charge in [0.05, 0.1) is 33.0 Å². The summed E-state index contributed by atoms with van der Waals surface area (Å²) < 4.78 is 20.6. The molecule has 0 aromatic rings. The summed E-state index contributed by atoms with van der Waals surface area (Å²) in [5.41, 5.74) is 5.18. The standard InChI is InChI=1S/C11H26N2O6/c1-2-14-11-17-6-5-15-3-4-16-7-8-18-19-10-13-9-12/h13H,2-12H2,1H3. The minimum atomic E-state index is 0.265. The van der Waals surface area contributed by atoms with Crippen LogP contribution in [0.25, 0.3) is 0 Å². The summed E-state index contributed by atoms with van der Waals surface area (Å²) in [5.74, 6) is 0. The molecule has 116 valence electrons. The van der Waals surface area contributed by atoms with Gasteiger partial charge in [-0.25, -0.2) is 9.78 Å². The Kier molecular flexibility index (Phi) is 17.4. The van der Waals surface area contributed by atoms with Gasteiger partial charge >= 0.3 is 0 Å². The highest BCUT2D eigenvalue weighted by Crippen LogP contribution is 1.83. The van der Waals surface area contributed by atoms with Gasteiger partial charge in [-0.15, -0.1) is 0 Å². The minimum absolute atomic E-state index is 0.265. The molecule has 0 fully saturated rings. The maximum Gasteiger partial charge on any atom is 0.146 e. The van der Waals surface area contributed by atoms with Crippen molar-refractivity contribution in [1.29, 1.82) is 0 Å². The summed E-state index contributed by atoms with van der Waals surface area (Å²) in [4.78, 5) is 9.54. The van der Waals surface area contributed by atoms with Crippen LogP contribution >= 0.6 is 0 Å². The molecule has 8 nitrogen and oxygen atoms in total. The molecule has 0 aliphatic heterocycles. The van der Waals surface area contributed by atoms with E-state index in [0.717, 1.165) is 0 Å². The molecule has 0 radical (unpaired) electrons. The molecule has 0 aromatic heterocycles. The monoisotopic (exact) mass is 282 g/mol. The fraction of sp³-hybridized carbons (Fsp3) is 1.00. The van der Waals surface area contributed by atoms with E-state index in [4.69, 9.17) is 34.5 Å². The molecule has 19 heavy (non-hydrogen) atoms. The fourth-order valence-corrected chi connectivity index (χ4v) is 0.935. The third-order valence-corrected chi connectivity index (χ3v) is 1.81. The normalized spacial score (nSPS) is 11.1. The van der Waals surface area contributed by atoms with Crippen molar-refractivity contribution in [3.63, 3.8) is 0 Å². The average Bonchev–Trinajstić information content (AvgIpc) is 2.43. The van der Waals surface area contributed by atoms with Crippen LogP contribution in [0.15, 0.2) is 0 Å². The van der Waals surface area contributed by atoms with Crippen molar-refractivity contribution in [2.24, 2.45) is 5.73 Å². The summed E-state index contributed by atoms with van der Waals surface area (Å²) in [6.07, 6.45) is 0. The largest absolute Gasteiger partial charge is 0.377 e. The van der Waals surface area contributed by atoms with Gasteiger partial charge in [0.1, 0.15) is 20.1 Å². The van der Waals surface area contributed by atoms with E-state index in [1.54, 1.807) is 0 Å². The van der Waals surface area contributed by atoms with Gasteiger partial charge in [0.15, 0.2) is 0 Å². The lowest BCUT2D eigenvalue weighted by Crippen LogP contribution is -2.25. The highest BCUT2D eigenvalue weighted by molar-refractivity contribution is 4.32. The van der Waals surface area contributed by atoms with Crippen LogP contribution in [0.3, 0.4) is 0 Å². The van der Waals surface area contributed by atoms with Crippen LogP contribution in [0.2, 0.25) is 0 Å². The number of nitrogens with two attached hydrogens (primary N) is 1. The summed E-state index contributed by atoms with van der Waals surface area (Å²) in [7, 11) is 0. The highest BCUT2D eigenvalue weighted by Gasteiger charge is 1.92. The molecule has 0 amide bonds. The summed E-state index contributed by atoms with van der Waals surface area (Å²) in [5, 5.41) is 2.74. The van der Waals surface area contributed by atoms with Gasteiger partial charge in [0.25, 0.3) is 0 Å². The Balaban J connectivity index is 2.88. The van der Waals surface area contributed by atoms with Gasteiger partial charge in [-0.3, -0.25) is 5.32 Å². The van der Waals surface area contributed by atoms with Crippen molar-refractivity contribution in [3.05, 3.63) is 0 Å². The lowest BCUT2D eigenvalue weighted by atomic mass is 10.7. The molecular weight excluding hydrogens is 256 g/mol. The Morgan fingerprint density at radius 1 is 0.789 bits per heavy atom. The molecule has 0 heterocycles. The molecule has 0 bridgehead atoms. The molecule has 0 saturated heterocycles. The first-order valence-corrected chi connectivity index (χ1v) is 6.38. The van der Waals surface area contributed by atoms with Gasteiger partial charge in [0.2, 0.25) is 0 Å². The Morgan fingerprint density at radius 3 is 2.05 bits per heavy atom. The van der Waals surface area contributed by atoms with E-state index in [-0.39, 0.29) is 6.73 Å². The van der Waals surface area contributed by atoms with Crippen molar-refractivity contribution in [3.8, 4) is 0 Å². The molecule has 0 unspecified atom stereocenters. The smallest absolute Gasteiger partial charge is 0.146 e. The third-order valence-electron chi connectivity index (χ3n) is 1.81. The Labute approximate surface area is 114 Å². The zero-order valence-electron chi connectivity index (χ0n) is 11.6. The first-order chi connectivity index (χ1) is 9.41. The van der Waals surface area contributed by atoms with E-state index in [0.29, 0.717) is 59.7 Å². The number of ether oxygens (including phenoxy) is 4. The van der Waals surface area contributed by atoms with Crippen molar-refractivity contribution in [2.75, 3.05) is 66.4 Å². The van der Waals surface area contributed by atoms with Crippen LogP contribution in [0, 0.1) is 0 Å². The average molecular weight is 282 g/mol. The van der Waals surface area contributed by atoms with Crippen molar-refractivity contribution in [2.45, 2.75) is 6.92 Å². The van der Waals surface area contributed by atoms with Gasteiger partial charge in [-0.2, -0.15) is 0 Å².